The molecule has 0 aliphatic heterocycles. The Morgan fingerprint density at radius 1 is 1.23 bits per heavy atom. The number of aryl methyl sites for hydroxylation is 2. The maximum absolute atomic E-state index is 4.50. The van der Waals surface area contributed by atoms with E-state index in [9.17, 15) is 0 Å². The zero-order chi connectivity index (χ0) is 10.0. The first-order valence-corrected chi connectivity index (χ1v) is 5.03. The van der Waals surface area contributed by atoms with Crippen molar-refractivity contribution in [3.63, 3.8) is 0 Å². The summed E-state index contributed by atoms with van der Waals surface area (Å²) in [7, 11) is 0. The molecule has 2 nitrogen and oxygen atoms in total. The molecule has 0 amide bonds. The minimum absolute atomic E-state index is 0.754. The Morgan fingerprint density at radius 3 is 2.23 bits per heavy atom. The van der Waals surface area contributed by atoms with Gasteiger partial charge in [0.1, 0.15) is 0 Å². The van der Waals surface area contributed by atoms with E-state index in [0.29, 0.717) is 0 Å². The molecule has 0 radical (unpaired) electrons. The van der Waals surface area contributed by atoms with Crippen molar-refractivity contribution in [3.05, 3.63) is 17.0 Å². The molecule has 2 heteroatoms. The third-order valence-corrected chi connectivity index (χ3v) is 2.66. The molecule has 0 bridgehead atoms. The van der Waals surface area contributed by atoms with Gasteiger partial charge in [0.15, 0.2) is 0 Å². The van der Waals surface area contributed by atoms with E-state index < -0.39 is 0 Å². The average molecular weight is 180 g/mol. The van der Waals surface area contributed by atoms with Crippen LogP contribution < -0.4 is 0 Å². The van der Waals surface area contributed by atoms with Crippen molar-refractivity contribution in [2.45, 2.75) is 47.6 Å². The molecule has 0 unspecified atom stereocenters. The third kappa shape index (κ3) is 2.33. The SMILES string of the molecule is Cc1nn(CCC(C)C)c(C)c1C. The molecule has 0 N–H and O–H groups in total. The summed E-state index contributed by atoms with van der Waals surface area (Å²) in [6, 6.07) is 0. The second-order valence-electron chi connectivity index (χ2n) is 4.20. The molecular formula is C11H20N2. The third-order valence-electron chi connectivity index (χ3n) is 2.66. The first-order chi connectivity index (χ1) is 6.02. The summed E-state index contributed by atoms with van der Waals surface area (Å²) in [5, 5.41) is 4.50. The minimum atomic E-state index is 0.754. The molecule has 1 aromatic heterocycles. The normalized spacial score (nSPS) is 11.2. The van der Waals surface area contributed by atoms with Gasteiger partial charge in [-0.25, -0.2) is 0 Å². The molecular weight excluding hydrogens is 160 g/mol. The summed E-state index contributed by atoms with van der Waals surface area (Å²) < 4.78 is 2.13. The van der Waals surface area contributed by atoms with E-state index in [2.05, 4.69) is 44.4 Å². The summed E-state index contributed by atoms with van der Waals surface area (Å²) in [5.74, 6) is 0.754. The second-order valence-corrected chi connectivity index (χ2v) is 4.20. The Morgan fingerprint density at radius 2 is 1.85 bits per heavy atom. The van der Waals surface area contributed by atoms with E-state index in [1.807, 2.05) is 0 Å². The Bertz CT molecular complexity index is 285. The molecule has 0 aromatic carbocycles. The Labute approximate surface area is 81.0 Å². The van der Waals surface area contributed by atoms with Crippen molar-refractivity contribution in [2.75, 3.05) is 0 Å². The predicted octanol–water partition coefficient (Wildman–Crippen LogP) is 2.85. The van der Waals surface area contributed by atoms with Gasteiger partial charge >= 0.3 is 0 Å². The van der Waals surface area contributed by atoms with Crippen LogP contribution in [-0.4, -0.2) is 9.78 Å². The van der Waals surface area contributed by atoms with Gasteiger partial charge in [-0.1, -0.05) is 13.8 Å². The Balaban J connectivity index is 2.72. The van der Waals surface area contributed by atoms with Gasteiger partial charge < -0.3 is 0 Å². The van der Waals surface area contributed by atoms with Gasteiger partial charge in [-0.15, -0.1) is 0 Å². The van der Waals surface area contributed by atoms with Gasteiger partial charge in [0.05, 0.1) is 5.69 Å². The van der Waals surface area contributed by atoms with Crippen LogP contribution in [0.5, 0.6) is 0 Å². The van der Waals surface area contributed by atoms with Crippen LogP contribution in [0, 0.1) is 26.7 Å². The fraction of sp³-hybridized carbons (Fsp3) is 0.727. The van der Waals surface area contributed by atoms with Crippen LogP contribution >= 0.6 is 0 Å². The maximum Gasteiger partial charge on any atom is 0.0625 e. The lowest BCUT2D eigenvalue weighted by atomic mass is 10.1. The lowest BCUT2D eigenvalue weighted by molar-refractivity contribution is 0.479. The number of hydrogen-bond acceptors (Lipinski definition) is 1. The number of aromatic nitrogens is 2. The van der Waals surface area contributed by atoms with Crippen LogP contribution in [0.15, 0.2) is 0 Å². The van der Waals surface area contributed by atoms with Crippen LogP contribution in [0.3, 0.4) is 0 Å². The molecule has 0 atom stereocenters. The molecule has 0 aliphatic carbocycles. The van der Waals surface area contributed by atoms with Gasteiger partial charge in [-0.05, 0) is 38.7 Å². The monoisotopic (exact) mass is 180 g/mol. The van der Waals surface area contributed by atoms with Gasteiger partial charge in [0, 0.05) is 12.2 Å². The lowest BCUT2D eigenvalue weighted by Crippen LogP contribution is -2.05. The summed E-state index contributed by atoms with van der Waals surface area (Å²) in [6.07, 6.45) is 1.21. The van der Waals surface area contributed by atoms with Gasteiger partial charge in [-0.2, -0.15) is 5.10 Å². The first-order valence-electron chi connectivity index (χ1n) is 5.03. The molecule has 1 rings (SSSR count). The number of hydrogen-bond donors (Lipinski definition) is 0. The topological polar surface area (TPSA) is 17.8 Å². The zero-order valence-electron chi connectivity index (χ0n) is 9.39. The number of rotatable bonds is 3. The summed E-state index contributed by atoms with van der Waals surface area (Å²) >= 11 is 0. The van der Waals surface area contributed by atoms with E-state index >= 15 is 0 Å². The molecule has 0 saturated heterocycles. The van der Waals surface area contributed by atoms with E-state index in [0.717, 1.165) is 12.5 Å². The zero-order valence-corrected chi connectivity index (χ0v) is 9.39. The standard InChI is InChI=1S/C11H20N2/c1-8(2)6-7-13-11(5)9(3)10(4)12-13/h8H,6-7H2,1-5H3. The van der Waals surface area contributed by atoms with Crippen LogP contribution in [0.2, 0.25) is 0 Å². The molecule has 0 aliphatic rings. The van der Waals surface area contributed by atoms with Gasteiger partial charge in [-0.3, -0.25) is 4.68 Å². The predicted molar refractivity (Wildman–Crippen MR) is 55.9 cm³/mol. The van der Waals surface area contributed by atoms with Crippen molar-refractivity contribution in [2.24, 2.45) is 5.92 Å². The van der Waals surface area contributed by atoms with E-state index in [1.165, 1.54) is 23.4 Å². The van der Waals surface area contributed by atoms with Crippen LogP contribution in [0.4, 0.5) is 0 Å². The van der Waals surface area contributed by atoms with Crippen LogP contribution in [0.1, 0.15) is 37.2 Å². The van der Waals surface area contributed by atoms with E-state index in [1.54, 1.807) is 0 Å². The molecule has 0 fully saturated rings. The lowest BCUT2D eigenvalue weighted by Gasteiger charge is -2.06. The molecule has 74 valence electrons. The quantitative estimate of drug-likeness (QED) is 0.699. The fourth-order valence-corrected chi connectivity index (χ4v) is 1.38. The van der Waals surface area contributed by atoms with Crippen molar-refractivity contribution in [1.29, 1.82) is 0 Å². The van der Waals surface area contributed by atoms with Gasteiger partial charge in [0.2, 0.25) is 0 Å². The largest absolute Gasteiger partial charge is 0.269 e. The molecule has 0 saturated carbocycles. The van der Waals surface area contributed by atoms with E-state index in [4.69, 9.17) is 0 Å². The minimum Gasteiger partial charge on any atom is -0.269 e. The Hall–Kier alpha value is -0.790. The highest BCUT2D eigenvalue weighted by atomic mass is 15.3. The van der Waals surface area contributed by atoms with E-state index in [-0.39, 0.29) is 0 Å². The Kier molecular flexibility index (Phi) is 3.12. The average Bonchev–Trinajstić information content (AvgIpc) is 2.29. The summed E-state index contributed by atoms with van der Waals surface area (Å²) in [6.45, 7) is 11.9. The van der Waals surface area contributed by atoms with Crippen molar-refractivity contribution in [3.8, 4) is 0 Å². The molecule has 1 aromatic rings. The highest BCUT2D eigenvalue weighted by Crippen LogP contribution is 2.12. The smallest absolute Gasteiger partial charge is 0.0625 e. The van der Waals surface area contributed by atoms with Crippen LogP contribution in [0.25, 0.3) is 0 Å². The highest BCUT2D eigenvalue weighted by molar-refractivity contribution is 5.21. The highest BCUT2D eigenvalue weighted by Gasteiger charge is 2.06. The molecule has 1 heterocycles. The molecule has 0 spiro atoms. The van der Waals surface area contributed by atoms with Crippen molar-refractivity contribution in [1.82, 2.24) is 9.78 Å². The summed E-state index contributed by atoms with van der Waals surface area (Å²) in [5.41, 5.74) is 3.82. The summed E-state index contributed by atoms with van der Waals surface area (Å²) in [4.78, 5) is 0. The molecule has 13 heavy (non-hydrogen) atoms. The maximum atomic E-state index is 4.50. The first kappa shape index (κ1) is 10.3. The second kappa shape index (κ2) is 3.95. The van der Waals surface area contributed by atoms with Crippen molar-refractivity contribution >= 4 is 0 Å². The van der Waals surface area contributed by atoms with Crippen molar-refractivity contribution < 1.29 is 0 Å². The fourth-order valence-electron chi connectivity index (χ4n) is 1.38. The van der Waals surface area contributed by atoms with Gasteiger partial charge in [0.25, 0.3) is 0 Å². The number of nitrogens with zero attached hydrogens (tertiary/aromatic N) is 2. The van der Waals surface area contributed by atoms with Crippen LogP contribution in [-0.2, 0) is 6.54 Å².